The zero-order chi connectivity index (χ0) is 17.3. The molecule has 8 nitrogen and oxygen atoms in total. The molecule has 130 valence electrons. The number of hydrogen-bond acceptors (Lipinski definition) is 6. The minimum atomic E-state index is 0.00382. The molecule has 1 spiro atoms. The summed E-state index contributed by atoms with van der Waals surface area (Å²) in [7, 11) is 0. The van der Waals surface area contributed by atoms with E-state index in [-0.39, 0.29) is 17.5 Å². The SMILES string of the molecule is O=C(c1cnccn1)N1C2CN(c3ncnc4[nH]ccc34)CC3CCC321. The van der Waals surface area contributed by atoms with Crippen molar-refractivity contribution in [3.8, 4) is 0 Å². The molecule has 1 amide bonds. The van der Waals surface area contributed by atoms with Crippen LogP contribution in [-0.4, -0.2) is 60.4 Å². The Morgan fingerprint density at radius 2 is 2.19 bits per heavy atom. The van der Waals surface area contributed by atoms with Crippen molar-refractivity contribution in [1.82, 2.24) is 29.8 Å². The van der Waals surface area contributed by atoms with Gasteiger partial charge in [0.25, 0.3) is 5.91 Å². The number of nitrogens with one attached hydrogen (secondary N) is 1. The Labute approximate surface area is 149 Å². The maximum absolute atomic E-state index is 12.9. The summed E-state index contributed by atoms with van der Waals surface area (Å²) in [5.41, 5.74) is 1.32. The first-order chi connectivity index (χ1) is 12.8. The fourth-order valence-electron chi connectivity index (χ4n) is 5.00. The van der Waals surface area contributed by atoms with E-state index in [4.69, 9.17) is 0 Å². The zero-order valence-electron chi connectivity index (χ0n) is 14.0. The highest BCUT2D eigenvalue weighted by Gasteiger charge is 2.74. The molecule has 6 rings (SSSR count). The van der Waals surface area contributed by atoms with Gasteiger partial charge in [-0.2, -0.15) is 0 Å². The molecule has 5 heterocycles. The molecule has 1 aliphatic carbocycles. The second-order valence-corrected chi connectivity index (χ2v) is 7.35. The number of nitrogens with zero attached hydrogens (tertiary/aromatic N) is 6. The molecule has 26 heavy (non-hydrogen) atoms. The number of H-pyrrole nitrogens is 1. The number of carbonyl (C=O) groups excluding carboxylic acids is 1. The Bertz CT molecular complexity index is 1020. The molecule has 1 N–H and O–H groups in total. The van der Waals surface area contributed by atoms with E-state index in [0.29, 0.717) is 11.6 Å². The lowest BCUT2D eigenvalue weighted by Gasteiger charge is -2.44. The van der Waals surface area contributed by atoms with Gasteiger partial charge in [0.15, 0.2) is 0 Å². The van der Waals surface area contributed by atoms with Crippen LogP contribution in [0.3, 0.4) is 0 Å². The van der Waals surface area contributed by atoms with E-state index in [1.807, 2.05) is 17.2 Å². The van der Waals surface area contributed by atoms with E-state index < -0.39 is 0 Å². The number of aromatic nitrogens is 5. The normalized spacial score (nSPS) is 29.1. The molecule has 3 unspecified atom stereocenters. The summed E-state index contributed by atoms with van der Waals surface area (Å²) in [4.78, 5) is 37.5. The fourth-order valence-corrected chi connectivity index (χ4v) is 5.00. The molecule has 3 aromatic heterocycles. The molecule has 3 atom stereocenters. The molecule has 0 radical (unpaired) electrons. The van der Waals surface area contributed by atoms with Crippen LogP contribution < -0.4 is 4.90 Å². The average molecular weight is 347 g/mol. The van der Waals surface area contributed by atoms with E-state index in [2.05, 4.69) is 29.8 Å². The minimum absolute atomic E-state index is 0.00382. The van der Waals surface area contributed by atoms with Crippen molar-refractivity contribution in [3.63, 3.8) is 0 Å². The summed E-state index contributed by atoms with van der Waals surface area (Å²) in [6, 6.07) is 2.25. The summed E-state index contributed by atoms with van der Waals surface area (Å²) in [6.45, 7) is 1.73. The van der Waals surface area contributed by atoms with Gasteiger partial charge in [-0.05, 0) is 18.9 Å². The predicted molar refractivity (Wildman–Crippen MR) is 93.5 cm³/mol. The molecule has 2 aliphatic heterocycles. The predicted octanol–water partition coefficient (Wildman–Crippen LogP) is 1.24. The number of rotatable bonds is 2. The van der Waals surface area contributed by atoms with Gasteiger partial charge in [0.1, 0.15) is 23.5 Å². The standard InChI is InChI=1S/C18H17N7O/c26-17(13-7-19-5-6-20-13)25-14-9-24(8-11-1-3-18(11,14)25)16-12-2-4-21-15(12)22-10-23-16/h2,4-7,10-11,14H,1,3,8-9H2,(H,21,22,23). The molecular formula is C18H17N7O. The van der Waals surface area contributed by atoms with E-state index >= 15 is 0 Å². The first kappa shape index (κ1) is 14.2. The van der Waals surface area contributed by atoms with Gasteiger partial charge in [0, 0.05) is 37.6 Å². The lowest BCUT2D eigenvalue weighted by Crippen LogP contribution is -2.53. The topological polar surface area (TPSA) is 90.7 Å². The third kappa shape index (κ3) is 1.66. The largest absolute Gasteiger partial charge is 0.353 e. The minimum Gasteiger partial charge on any atom is -0.353 e. The summed E-state index contributed by atoms with van der Waals surface area (Å²) < 4.78 is 0. The maximum atomic E-state index is 12.9. The van der Waals surface area contributed by atoms with Gasteiger partial charge >= 0.3 is 0 Å². The number of hydrogen-bond donors (Lipinski definition) is 1. The van der Waals surface area contributed by atoms with Crippen LogP contribution in [0.1, 0.15) is 23.3 Å². The monoisotopic (exact) mass is 347 g/mol. The van der Waals surface area contributed by atoms with Crippen LogP contribution in [-0.2, 0) is 0 Å². The number of carbonyl (C=O) groups is 1. The third-order valence-corrected chi connectivity index (χ3v) is 6.34. The fraction of sp³-hybridized carbons (Fsp3) is 0.389. The van der Waals surface area contributed by atoms with E-state index in [1.165, 1.54) is 0 Å². The van der Waals surface area contributed by atoms with E-state index in [1.54, 1.807) is 24.9 Å². The molecule has 3 fully saturated rings. The van der Waals surface area contributed by atoms with Crippen molar-refractivity contribution in [2.24, 2.45) is 5.92 Å². The van der Waals surface area contributed by atoms with Crippen molar-refractivity contribution in [2.45, 2.75) is 24.4 Å². The van der Waals surface area contributed by atoms with Crippen molar-refractivity contribution < 1.29 is 4.79 Å². The highest BCUT2D eigenvalue weighted by molar-refractivity contribution is 5.96. The van der Waals surface area contributed by atoms with Crippen LogP contribution in [0, 0.1) is 5.92 Å². The van der Waals surface area contributed by atoms with Gasteiger partial charge in [0.05, 0.1) is 23.2 Å². The zero-order valence-corrected chi connectivity index (χ0v) is 14.0. The highest BCUT2D eigenvalue weighted by atomic mass is 16.2. The van der Waals surface area contributed by atoms with Gasteiger partial charge in [-0.3, -0.25) is 9.78 Å². The van der Waals surface area contributed by atoms with Gasteiger partial charge < -0.3 is 14.8 Å². The van der Waals surface area contributed by atoms with Gasteiger partial charge in [-0.1, -0.05) is 0 Å². The average Bonchev–Trinajstić information content (AvgIpc) is 3.13. The second-order valence-electron chi connectivity index (χ2n) is 7.35. The van der Waals surface area contributed by atoms with Gasteiger partial charge in [-0.15, -0.1) is 0 Å². The highest BCUT2D eigenvalue weighted by Crippen LogP contribution is 2.62. The van der Waals surface area contributed by atoms with Gasteiger partial charge in [-0.25, -0.2) is 15.0 Å². The Kier molecular flexibility index (Phi) is 2.60. The van der Waals surface area contributed by atoms with Crippen LogP contribution in [0.5, 0.6) is 0 Å². The molecule has 3 aromatic rings. The second kappa shape index (κ2) is 4.78. The molecule has 0 aromatic carbocycles. The van der Waals surface area contributed by atoms with Crippen molar-refractivity contribution in [1.29, 1.82) is 0 Å². The third-order valence-electron chi connectivity index (χ3n) is 6.34. The summed E-state index contributed by atoms with van der Waals surface area (Å²) in [5.74, 6) is 1.45. The maximum Gasteiger partial charge on any atom is 0.274 e. The molecule has 3 aliphatic rings. The number of piperidine rings is 1. The first-order valence-electron chi connectivity index (χ1n) is 8.92. The Morgan fingerprint density at radius 1 is 1.23 bits per heavy atom. The molecule has 0 bridgehead atoms. The number of amides is 1. The molecule has 8 heteroatoms. The van der Waals surface area contributed by atoms with Crippen LogP contribution >= 0.6 is 0 Å². The smallest absolute Gasteiger partial charge is 0.274 e. The summed E-state index contributed by atoms with van der Waals surface area (Å²) in [6.07, 6.45) is 10.5. The summed E-state index contributed by atoms with van der Waals surface area (Å²) >= 11 is 0. The van der Waals surface area contributed by atoms with Crippen LogP contribution in [0.4, 0.5) is 5.82 Å². The van der Waals surface area contributed by atoms with E-state index in [0.717, 1.165) is 42.8 Å². The van der Waals surface area contributed by atoms with Gasteiger partial charge in [0.2, 0.25) is 0 Å². The number of aromatic amines is 1. The Hall–Kier alpha value is -3.03. The Balaban J connectivity index is 1.33. The lowest BCUT2D eigenvalue weighted by molar-refractivity contribution is 0.0764. The van der Waals surface area contributed by atoms with E-state index in [9.17, 15) is 4.79 Å². The van der Waals surface area contributed by atoms with Crippen molar-refractivity contribution >= 4 is 22.8 Å². The van der Waals surface area contributed by atoms with Crippen molar-refractivity contribution in [2.75, 3.05) is 18.0 Å². The Morgan fingerprint density at radius 3 is 3.00 bits per heavy atom. The lowest BCUT2D eigenvalue weighted by atomic mass is 9.68. The first-order valence-corrected chi connectivity index (χ1v) is 8.92. The molecule has 1 saturated carbocycles. The van der Waals surface area contributed by atoms with Crippen LogP contribution in [0.25, 0.3) is 11.0 Å². The molecular weight excluding hydrogens is 330 g/mol. The van der Waals surface area contributed by atoms with Crippen LogP contribution in [0.2, 0.25) is 0 Å². The molecule has 2 saturated heterocycles. The van der Waals surface area contributed by atoms with Crippen LogP contribution in [0.15, 0.2) is 37.2 Å². The number of anilines is 1. The number of fused-ring (bicyclic) bond motifs is 1. The quantitative estimate of drug-likeness (QED) is 0.702. The summed E-state index contributed by atoms with van der Waals surface area (Å²) in [5, 5.41) is 1.03. The van der Waals surface area contributed by atoms with Crippen molar-refractivity contribution in [3.05, 3.63) is 42.9 Å².